The minimum Gasteiger partial charge on any atom is -1.00 e. The van der Waals surface area contributed by atoms with Crippen LogP contribution in [0.2, 0.25) is 0 Å². The maximum atomic E-state index is 4.81. The summed E-state index contributed by atoms with van der Waals surface area (Å²) in [7, 11) is 0. The first-order valence-corrected chi connectivity index (χ1v) is 2.15. The van der Waals surface area contributed by atoms with Crippen molar-refractivity contribution in [2.75, 3.05) is 0 Å². The van der Waals surface area contributed by atoms with Crippen molar-refractivity contribution in [1.82, 2.24) is 0 Å². The van der Waals surface area contributed by atoms with Crippen LogP contribution in [0.1, 0.15) is 13.8 Å². The van der Waals surface area contributed by atoms with Crippen LogP contribution in [0.25, 0.3) is 0 Å². The first-order chi connectivity index (χ1) is 3.46. The number of halogens is 2. The van der Waals surface area contributed by atoms with Crippen LogP contribution in [0.4, 0.5) is 0 Å². The molecular formula is C8H10Cl2Pd2. The fourth-order valence-electron chi connectivity index (χ4n) is 0. The van der Waals surface area contributed by atoms with E-state index < -0.39 is 0 Å². The van der Waals surface area contributed by atoms with Crippen LogP contribution in [0.3, 0.4) is 0 Å². The molecule has 0 aromatic rings. The van der Waals surface area contributed by atoms with Gasteiger partial charge >= 0.3 is 40.8 Å². The molecule has 0 aromatic heterocycles. The van der Waals surface area contributed by atoms with Crippen molar-refractivity contribution in [3.05, 3.63) is 38.2 Å². The van der Waals surface area contributed by atoms with Crippen LogP contribution >= 0.6 is 0 Å². The molecule has 0 heterocycles. The first kappa shape index (κ1) is 37.6. The van der Waals surface area contributed by atoms with E-state index in [-0.39, 0.29) is 65.7 Å². The molecule has 0 fully saturated rings. The Labute approximate surface area is 117 Å². The number of rotatable bonds is 0. The largest absolute Gasteiger partial charge is 2.00 e. The monoisotopic (exact) mass is 388 g/mol. The predicted octanol–water partition coefficient (Wildman–Crippen LogP) is -3.84. The smallest absolute Gasteiger partial charge is 1.00 e. The summed E-state index contributed by atoms with van der Waals surface area (Å²) in [6, 6.07) is 0. The standard InChI is InChI=1S/2C4H5.2ClH.2Pd/c2*1-4(2)3;;;;/h2*1-2H,3H3;2*1H;;/q2*-1;;;2*+2/p-2. The summed E-state index contributed by atoms with van der Waals surface area (Å²) in [5.41, 5.74) is 0.833. The number of hydrogen-bond donors (Lipinski definition) is 0. The van der Waals surface area contributed by atoms with Gasteiger partial charge in [0.25, 0.3) is 0 Å². The Morgan fingerprint density at radius 1 is 0.833 bits per heavy atom. The van der Waals surface area contributed by atoms with Crippen molar-refractivity contribution in [2.45, 2.75) is 13.8 Å². The Hall–Kier alpha value is 1.38. The Balaban J connectivity index is -0.0000000112. The van der Waals surface area contributed by atoms with Crippen molar-refractivity contribution in [1.29, 1.82) is 0 Å². The maximum absolute atomic E-state index is 4.81. The molecule has 0 atom stereocenters. The van der Waals surface area contributed by atoms with Gasteiger partial charge in [0.2, 0.25) is 0 Å². The second-order valence-corrected chi connectivity index (χ2v) is 1.49. The summed E-state index contributed by atoms with van der Waals surface area (Å²) in [4.78, 5) is 0. The molecule has 0 aliphatic carbocycles. The third-order valence-corrected chi connectivity index (χ3v) is 0. The van der Waals surface area contributed by atoms with Crippen LogP contribution in [0.15, 0.2) is 11.1 Å². The fourth-order valence-corrected chi connectivity index (χ4v) is 0. The van der Waals surface area contributed by atoms with Crippen molar-refractivity contribution in [3.63, 3.8) is 0 Å². The quantitative estimate of drug-likeness (QED) is 0.294. The molecule has 0 saturated carbocycles. The minimum absolute atomic E-state index is 0. The van der Waals surface area contributed by atoms with Crippen LogP contribution in [0.5, 0.6) is 0 Å². The molecule has 0 bridgehead atoms. The molecule has 0 spiro atoms. The van der Waals surface area contributed by atoms with Gasteiger partial charge in [-0.05, 0) is 13.8 Å². The second-order valence-electron chi connectivity index (χ2n) is 1.49. The number of allylic oxidation sites excluding steroid dienone is 2. The summed E-state index contributed by atoms with van der Waals surface area (Å²) in [6.45, 7) is 22.5. The molecule has 0 saturated heterocycles. The van der Waals surface area contributed by atoms with Crippen molar-refractivity contribution >= 4 is 0 Å². The first-order valence-electron chi connectivity index (χ1n) is 2.15. The van der Waals surface area contributed by atoms with E-state index >= 15 is 0 Å². The average Bonchev–Trinajstić information content (AvgIpc) is 1.25. The van der Waals surface area contributed by atoms with Gasteiger partial charge in [-0.25, -0.2) is 0 Å². The molecule has 0 nitrogen and oxygen atoms in total. The van der Waals surface area contributed by atoms with Gasteiger partial charge in [-0.2, -0.15) is 0 Å². The van der Waals surface area contributed by atoms with Crippen molar-refractivity contribution in [2.24, 2.45) is 0 Å². The van der Waals surface area contributed by atoms with Gasteiger partial charge in [0.1, 0.15) is 0 Å². The zero-order valence-corrected chi connectivity index (χ0v) is 11.3. The van der Waals surface area contributed by atoms with Crippen LogP contribution < -0.4 is 24.8 Å². The van der Waals surface area contributed by atoms with E-state index in [4.69, 9.17) is 27.0 Å². The topological polar surface area (TPSA) is 0 Å². The van der Waals surface area contributed by atoms with Gasteiger partial charge in [0, 0.05) is 0 Å². The summed E-state index contributed by atoms with van der Waals surface area (Å²) in [5.74, 6) is 0. The Bertz CT molecular complexity index is 73.1. The van der Waals surface area contributed by atoms with Gasteiger partial charge in [0.05, 0.1) is 0 Å². The normalized spacial score (nSPS) is 4.33. The fraction of sp³-hybridized carbons (Fsp3) is 0.250. The van der Waals surface area contributed by atoms with E-state index in [0.29, 0.717) is 11.1 Å². The maximum Gasteiger partial charge on any atom is 2.00 e. The van der Waals surface area contributed by atoms with E-state index in [0.717, 1.165) is 0 Å². The summed E-state index contributed by atoms with van der Waals surface area (Å²) >= 11 is 0. The molecule has 0 aliphatic rings. The molecular weight excluding hydrogens is 380 g/mol. The molecule has 0 aliphatic heterocycles. The van der Waals surface area contributed by atoms with Crippen molar-refractivity contribution in [3.8, 4) is 0 Å². The molecule has 4 heteroatoms. The van der Waals surface area contributed by atoms with Gasteiger partial charge in [-0.1, -0.05) is 13.8 Å². The van der Waals surface area contributed by atoms with Crippen LogP contribution in [-0.2, 0) is 40.8 Å². The van der Waals surface area contributed by atoms with E-state index in [1.807, 2.05) is 0 Å². The van der Waals surface area contributed by atoms with Crippen molar-refractivity contribution < 1.29 is 65.7 Å². The molecule has 0 N–H and O–H groups in total. The van der Waals surface area contributed by atoms with Crippen LogP contribution in [0, 0.1) is 27.0 Å². The van der Waals surface area contributed by atoms with E-state index in [1.54, 1.807) is 13.8 Å². The van der Waals surface area contributed by atoms with Crippen LogP contribution in [-0.4, -0.2) is 0 Å². The van der Waals surface area contributed by atoms with Gasteiger partial charge < -0.3 is 38.0 Å². The van der Waals surface area contributed by atoms with Gasteiger partial charge in [0.15, 0.2) is 0 Å². The zero-order chi connectivity index (χ0) is 7.15. The van der Waals surface area contributed by atoms with E-state index in [9.17, 15) is 0 Å². The molecule has 0 unspecified atom stereocenters. The average molecular weight is 390 g/mol. The summed E-state index contributed by atoms with van der Waals surface area (Å²) < 4.78 is 0. The SMILES string of the molecule is [CH]C(=[CH-])C.[CH]C(=[CH-])C.[Cl-].[Cl-].[Pd+2].[Pd+2]. The summed E-state index contributed by atoms with van der Waals surface area (Å²) in [6.07, 6.45) is 0. The Morgan fingerprint density at radius 2 is 0.833 bits per heavy atom. The molecule has 4 radical (unpaired) electrons. The van der Waals surface area contributed by atoms with Gasteiger partial charge in [-0.15, -0.1) is 0 Å². The molecule has 0 aromatic carbocycles. The third kappa shape index (κ3) is 640. The summed E-state index contributed by atoms with van der Waals surface area (Å²) in [5, 5.41) is 0. The molecule has 0 amide bonds. The number of hydrogen-bond acceptors (Lipinski definition) is 0. The molecule has 0 rings (SSSR count). The third-order valence-electron chi connectivity index (χ3n) is 0. The van der Waals surface area contributed by atoms with Gasteiger partial charge in [-0.3, -0.25) is 11.1 Å². The molecule has 12 heavy (non-hydrogen) atoms. The Morgan fingerprint density at radius 3 is 0.833 bits per heavy atom. The van der Waals surface area contributed by atoms with E-state index in [2.05, 4.69) is 0 Å². The van der Waals surface area contributed by atoms with E-state index in [1.165, 1.54) is 0 Å². The molecule has 76 valence electrons. The Kier molecular flexibility index (Phi) is 92.3. The minimum atomic E-state index is 0. The second kappa shape index (κ2) is 29.4. The predicted molar refractivity (Wildman–Crippen MR) is 35.6 cm³/mol. The zero-order valence-electron chi connectivity index (χ0n) is 6.70.